The molecule has 0 radical (unpaired) electrons. The van der Waals surface area contributed by atoms with Crippen molar-refractivity contribution in [1.29, 1.82) is 0 Å². The Balaban J connectivity index is 1.89. The van der Waals surface area contributed by atoms with Crippen LogP contribution in [0.25, 0.3) is 0 Å². The summed E-state index contributed by atoms with van der Waals surface area (Å²) >= 11 is 0. The van der Waals surface area contributed by atoms with Gasteiger partial charge in [0, 0.05) is 12.1 Å². The topological polar surface area (TPSA) is 107 Å². The summed E-state index contributed by atoms with van der Waals surface area (Å²) in [6, 6.07) is 7.18. The minimum absolute atomic E-state index is 0.0862. The van der Waals surface area contributed by atoms with E-state index in [4.69, 9.17) is 4.74 Å². The van der Waals surface area contributed by atoms with Crippen LogP contribution in [0, 0.1) is 17.3 Å². The molecular weight excluding hydrogens is 484 g/mol. The number of likely N-dealkylation sites (tertiary alicyclic amines) is 1. The van der Waals surface area contributed by atoms with Crippen LogP contribution in [-0.4, -0.2) is 73.7 Å². The molecule has 2 unspecified atom stereocenters. The van der Waals surface area contributed by atoms with Crippen molar-refractivity contribution in [1.82, 2.24) is 9.80 Å². The predicted molar refractivity (Wildman–Crippen MR) is 143 cm³/mol. The highest BCUT2D eigenvalue weighted by Crippen LogP contribution is 2.64. The molecular formula is C30H42N2O6. The standard InChI is InChI=1S/C30H42N2O6/c1-8-16-31(28(5,6)18-27(2,3)4)25(35)23-30-15-14-29(7,38-30)22(26(36)37)21(30)24(34)32(23)20(17-33)19-12-10-9-11-13-19/h8-13,20-23,33H,1,14-18H2,2-7H3,(H,36,37)/t20-,21+,22+,23?,29-,30?/m1/s1. The Hall–Kier alpha value is -2.71. The normalized spacial score (nSPS) is 31.3. The molecule has 8 heteroatoms. The molecule has 1 spiro atoms. The highest BCUT2D eigenvalue weighted by atomic mass is 16.5. The van der Waals surface area contributed by atoms with E-state index in [1.54, 1.807) is 30.0 Å². The zero-order valence-electron chi connectivity index (χ0n) is 23.4. The van der Waals surface area contributed by atoms with Crippen LogP contribution in [0.4, 0.5) is 0 Å². The number of benzene rings is 1. The van der Waals surface area contributed by atoms with Gasteiger partial charge in [-0.25, -0.2) is 0 Å². The van der Waals surface area contributed by atoms with Gasteiger partial charge in [-0.1, -0.05) is 57.2 Å². The van der Waals surface area contributed by atoms with Gasteiger partial charge in [0.1, 0.15) is 11.6 Å². The molecule has 0 aromatic heterocycles. The summed E-state index contributed by atoms with van der Waals surface area (Å²) in [6.07, 6.45) is 3.20. The van der Waals surface area contributed by atoms with Crippen LogP contribution >= 0.6 is 0 Å². The lowest BCUT2D eigenvalue weighted by Crippen LogP contribution is -2.61. The van der Waals surface area contributed by atoms with Crippen LogP contribution in [0.1, 0.15) is 72.4 Å². The van der Waals surface area contributed by atoms with Crippen LogP contribution in [0.5, 0.6) is 0 Å². The van der Waals surface area contributed by atoms with Gasteiger partial charge in [-0.3, -0.25) is 14.4 Å². The van der Waals surface area contributed by atoms with Crippen molar-refractivity contribution in [3.63, 3.8) is 0 Å². The SMILES string of the molecule is C=CCN(C(=O)C1N([C@H](CO)c2ccccc2)C(=O)[C@@H]2[C@@H](C(=O)O)[C@@]3(C)CCC12O3)C(C)(C)CC(C)(C)C. The van der Waals surface area contributed by atoms with Crippen LogP contribution in [0.2, 0.25) is 0 Å². The maximum Gasteiger partial charge on any atom is 0.310 e. The molecule has 3 fully saturated rings. The third-order valence-electron chi connectivity index (χ3n) is 8.68. The van der Waals surface area contributed by atoms with Crippen molar-refractivity contribution >= 4 is 17.8 Å². The summed E-state index contributed by atoms with van der Waals surface area (Å²) in [4.78, 5) is 44.7. The maximum atomic E-state index is 14.8. The molecule has 0 aliphatic carbocycles. The molecule has 1 aromatic rings. The number of fused-ring (bicyclic) bond motifs is 1. The van der Waals surface area contributed by atoms with E-state index >= 15 is 0 Å². The number of carbonyl (C=O) groups excluding carboxylic acids is 2. The van der Waals surface area contributed by atoms with Gasteiger partial charge in [-0.15, -0.1) is 6.58 Å². The monoisotopic (exact) mass is 526 g/mol. The van der Waals surface area contributed by atoms with Crippen LogP contribution in [-0.2, 0) is 19.1 Å². The summed E-state index contributed by atoms with van der Waals surface area (Å²) in [7, 11) is 0. The Bertz CT molecular complexity index is 1110. The lowest BCUT2D eigenvalue weighted by molar-refractivity contribution is -0.161. The van der Waals surface area contributed by atoms with Crippen molar-refractivity contribution in [2.24, 2.45) is 17.3 Å². The minimum atomic E-state index is -1.29. The largest absolute Gasteiger partial charge is 0.481 e. The molecule has 6 atom stereocenters. The quantitative estimate of drug-likeness (QED) is 0.474. The van der Waals surface area contributed by atoms with Gasteiger partial charge in [0.25, 0.3) is 0 Å². The van der Waals surface area contributed by atoms with Gasteiger partial charge in [0.15, 0.2) is 0 Å². The van der Waals surface area contributed by atoms with E-state index in [-0.39, 0.29) is 17.9 Å². The summed E-state index contributed by atoms with van der Waals surface area (Å²) in [5.74, 6) is -3.94. The zero-order valence-corrected chi connectivity index (χ0v) is 23.4. The second kappa shape index (κ2) is 9.49. The van der Waals surface area contributed by atoms with E-state index in [0.717, 1.165) is 0 Å². The van der Waals surface area contributed by atoms with E-state index in [9.17, 15) is 24.6 Å². The van der Waals surface area contributed by atoms with E-state index in [0.29, 0.717) is 24.8 Å². The first kappa shape index (κ1) is 28.3. The first-order valence-electron chi connectivity index (χ1n) is 13.5. The number of hydrogen-bond acceptors (Lipinski definition) is 5. The van der Waals surface area contributed by atoms with Crippen LogP contribution in [0.15, 0.2) is 43.0 Å². The number of ether oxygens (including phenoxy) is 1. The third kappa shape index (κ3) is 4.35. The van der Waals surface area contributed by atoms with E-state index in [1.807, 2.05) is 32.0 Å². The minimum Gasteiger partial charge on any atom is -0.481 e. The third-order valence-corrected chi connectivity index (χ3v) is 8.68. The van der Waals surface area contributed by atoms with Crippen molar-refractivity contribution < 1.29 is 29.3 Å². The maximum absolute atomic E-state index is 14.8. The van der Waals surface area contributed by atoms with E-state index in [2.05, 4.69) is 27.4 Å². The Labute approximate surface area is 225 Å². The first-order chi connectivity index (χ1) is 17.6. The number of carboxylic acids is 1. The second-order valence-corrected chi connectivity index (χ2v) is 13.2. The Morgan fingerprint density at radius 3 is 2.37 bits per heavy atom. The molecule has 3 aliphatic rings. The van der Waals surface area contributed by atoms with E-state index < -0.39 is 59.1 Å². The van der Waals surface area contributed by atoms with Crippen molar-refractivity contribution in [2.75, 3.05) is 13.2 Å². The van der Waals surface area contributed by atoms with Gasteiger partial charge in [-0.05, 0) is 51.0 Å². The molecule has 3 aliphatic heterocycles. The van der Waals surface area contributed by atoms with Gasteiger partial charge in [0.05, 0.1) is 30.1 Å². The number of nitrogens with zero attached hydrogens (tertiary/aromatic N) is 2. The molecule has 3 heterocycles. The molecule has 3 saturated heterocycles. The fourth-order valence-corrected chi connectivity index (χ4v) is 7.69. The first-order valence-corrected chi connectivity index (χ1v) is 13.5. The zero-order chi connectivity index (χ0) is 28.3. The molecule has 0 saturated carbocycles. The smallest absolute Gasteiger partial charge is 0.310 e. The Morgan fingerprint density at radius 2 is 1.84 bits per heavy atom. The van der Waals surface area contributed by atoms with E-state index in [1.165, 1.54) is 4.90 Å². The fourth-order valence-electron chi connectivity index (χ4n) is 7.69. The van der Waals surface area contributed by atoms with Crippen LogP contribution < -0.4 is 0 Å². The molecule has 8 nitrogen and oxygen atoms in total. The number of aliphatic carboxylic acids is 1. The fraction of sp³-hybridized carbons (Fsp3) is 0.633. The summed E-state index contributed by atoms with van der Waals surface area (Å²) in [5, 5.41) is 20.8. The molecule has 2 N–H and O–H groups in total. The summed E-state index contributed by atoms with van der Waals surface area (Å²) in [5.41, 5.74) is -2.33. The highest BCUT2D eigenvalue weighted by Gasteiger charge is 2.79. The van der Waals surface area contributed by atoms with Crippen molar-refractivity contribution in [2.45, 2.75) is 89.6 Å². The van der Waals surface area contributed by atoms with Gasteiger partial charge >= 0.3 is 5.97 Å². The Kier molecular flexibility index (Phi) is 7.07. The number of aliphatic hydroxyl groups is 1. The van der Waals surface area contributed by atoms with Gasteiger partial charge in [-0.2, -0.15) is 0 Å². The Morgan fingerprint density at radius 1 is 1.21 bits per heavy atom. The summed E-state index contributed by atoms with van der Waals surface area (Å²) < 4.78 is 6.55. The number of aliphatic hydroxyl groups excluding tert-OH is 1. The highest BCUT2D eigenvalue weighted by molar-refractivity contribution is 5.98. The lowest BCUT2D eigenvalue weighted by atomic mass is 9.66. The number of amides is 2. The average Bonchev–Trinajstić information content (AvgIpc) is 3.38. The average molecular weight is 527 g/mol. The number of rotatable bonds is 9. The number of hydrogen-bond donors (Lipinski definition) is 2. The molecule has 208 valence electrons. The molecule has 2 amide bonds. The van der Waals surface area contributed by atoms with Crippen LogP contribution in [0.3, 0.4) is 0 Å². The molecule has 38 heavy (non-hydrogen) atoms. The van der Waals surface area contributed by atoms with Gasteiger partial charge in [0.2, 0.25) is 11.8 Å². The second-order valence-electron chi connectivity index (χ2n) is 13.2. The number of carboxylic acid groups (broad SMARTS) is 1. The lowest BCUT2D eigenvalue weighted by Gasteiger charge is -2.46. The molecule has 4 rings (SSSR count). The molecule has 1 aromatic carbocycles. The number of carbonyl (C=O) groups is 3. The predicted octanol–water partition coefficient (Wildman–Crippen LogP) is 3.80. The van der Waals surface area contributed by atoms with Crippen molar-refractivity contribution in [3.8, 4) is 0 Å². The van der Waals surface area contributed by atoms with Gasteiger partial charge < -0.3 is 24.7 Å². The summed E-state index contributed by atoms with van der Waals surface area (Å²) in [6.45, 7) is 15.8. The van der Waals surface area contributed by atoms with Crippen molar-refractivity contribution in [3.05, 3.63) is 48.6 Å². The molecule has 2 bridgehead atoms.